The molecule has 248 valence electrons. The number of allylic oxidation sites excluding steroid dienone is 2. The lowest BCUT2D eigenvalue weighted by molar-refractivity contribution is -0.111. The third kappa shape index (κ3) is 9.64. The molecule has 0 spiro atoms. The van der Waals surface area contributed by atoms with E-state index in [2.05, 4.69) is 33.8 Å². The van der Waals surface area contributed by atoms with Gasteiger partial charge >= 0.3 is 0 Å². The number of thioether (sulfide) groups is 1. The standard InChI is InChI=1S/C41H72OS/c1-5-7-9-11-13-14-15-16-17-19-21-23-39(42)43-35-28-30-41(4)34(32-35)24-26-36-37-27-25-33(22-20-18-12-10-8-6-2)40(37,3)31-29-38(36)41/h24,33,35-38H,5-23,25-32H2,1-4H3/t33-,35+,36+,37-,38+,40-,41+/m1/s1. The Labute approximate surface area is 273 Å². The van der Waals surface area contributed by atoms with E-state index in [1.807, 2.05) is 0 Å². The van der Waals surface area contributed by atoms with Gasteiger partial charge in [-0.15, -0.1) is 0 Å². The van der Waals surface area contributed by atoms with Crippen LogP contribution in [0.1, 0.15) is 201 Å². The van der Waals surface area contributed by atoms with Gasteiger partial charge < -0.3 is 0 Å². The Kier molecular flexibility index (Phi) is 15.1. The van der Waals surface area contributed by atoms with Crippen molar-refractivity contribution >= 4 is 16.9 Å². The number of hydrogen-bond acceptors (Lipinski definition) is 2. The predicted octanol–water partition coefficient (Wildman–Crippen LogP) is 13.6. The van der Waals surface area contributed by atoms with Crippen LogP contribution in [0.2, 0.25) is 0 Å². The molecule has 0 aromatic rings. The summed E-state index contributed by atoms with van der Waals surface area (Å²) in [4.78, 5) is 12.9. The molecular weight excluding hydrogens is 541 g/mol. The van der Waals surface area contributed by atoms with Crippen LogP contribution in [-0.4, -0.2) is 10.4 Å². The van der Waals surface area contributed by atoms with Gasteiger partial charge in [0.25, 0.3) is 0 Å². The van der Waals surface area contributed by atoms with Crippen molar-refractivity contribution in [1.82, 2.24) is 0 Å². The Balaban J connectivity index is 1.16. The summed E-state index contributed by atoms with van der Waals surface area (Å²) in [6.45, 7) is 9.99. The summed E-state index contributed by atoms with van der Waals surface area (Å²) in [5.41, 5.74) is 2.78. The van der Waals surface area contributed by atoms with Crippen molar-refractivity contribution in [3.63, 3.8) is 0 Å². The van der Waals surface area contributed by atoms with Crippen molar-refractivity contribution in [1.29, 1.82) is 0 Å². The lowest BCUT2D eigenvalue weighted by Gasteiger charge is -2.58. The molecule has 43 heavy (non-hydrogen) atoms. The fourth-order valence-electron chi connectivity index (χ4n) is 10.7. The van der Waals surface area contributed by atoms with Crippen LogP contribution in [0.5, 0.6) is 0 Å². The molecule has 0 aromatic carbocycles. The van der Waals surface area contributed by atoms with Crippen LogP contribution in [0.15, 0.2) is 11.6 Å². The molecule has 0 amide bonds. The third-order valence-corrected chi connectivity index (χ3v) is 14.6. The molecule has 0 aromatic heterocycles. The minimum atomic E-state index is 0.414. The monoisotopic (exact) mass is 613 g/mol. The van der Waals surface area contributed by atoms with Crippen LogP contribution >= 0.6 is 11.8 Å². The first-order chi connectivity index (χ1) is 20.9. The summed E-state index contributed by atoms with van der Waals surface area (Å²) in [5, 5.41) is 1.02. The van der Waals surface area contributed by atoms with Crippen LogP contribution in [0.25, 0.3) is 0 Å². The van der Waals surface area contributed by atoms with Gasteiger partial charge in [-0.2, -0.15) is 0 Å². The highest BCUT2D eigenvalue weighted by molar-refractivity contribution is 8.14. The van der Waals surface area contributed by atoms with E-state index < -0.39 is 0 Å². The number of fused-ring (bicyclic) bond motifs is 5. The first-order valence-corrected chi connectivity index (χ1v) is 20.7. The highest BCUT2D eigenvalue weighted by atomic mass is 32.2. The summed E-state index contributed by atoms with van der Waals surface area (Å²) in [5.74, 6) is 3.78. The highest BCUT2D eigenvalue weighted by Crippen LogP contribution is 2.67. The van der Waals surface area contributed by atoms with Gasteiger partial charge in [0.1, 0.15) is 0 Å². The molecule has 3 fully saturated rings. The quantitative estimate of drug-likeness (QED) is 0.100. The van der Waals surface area contributed by atoms with E-state index >= 15 is 0 Å². The maximum Gasteiger partial charge on any atom is 0.189 e. The van der Waals surface area contributed by atoms with E-state index in [4.69, 9.17) is 0 Å². The lowest BCUT2D eigenvalue weighted by Crippen LogP contribution is -2.50. The van der Waals surface area contributed by atoms with Crippen LogP contribution in [0.4, 0.5) is 0 Å². The third-order valence-electron chi connectivity index (χ3n) is 13.4. The molecule has 1 nitrogen and oxygen atoms in total. The van der Waals surface area contributed by atoms with Crippen molar-refractivity contribution in [2.24, 2.45) is 34.5 Å². The molecule has 2 heteroatoms. The number of carbonyl (C=O) groups is 1. The molecule has 0 bridgehead atoms. The first kappa shape index (κ1) is 35.6. The minimum absolute atomic E-state index is 0.414. The van der Waals surface area contributed by atoms with Gasteiger partial charge in [-0.25, -0.2) is 0 Å². The van der Waals surface area contributed by atoms with E-state index in [0.717, 1.165) is 36.5 Å². The summed E-state index contributed by atoms with van der Waals surface area (Å²) < 4.78 is 0. The van der Waals surface area contributed by atoms with Gasteiger partial charge in [-0.05, 0) is 98.7 Å². The topological polar surface area (TPSA) is 17.1 Å². The molecule has 3 saturated carbocycles. The molecule has 4 aliphatic carbocycles. The zero-order valence-corrected chi connectivity index (χ0v) is 30.2. The SMILES string of the molecule is CCCCCCCCCCCCCC(=O)S[C@H]1CC[C@@]2(C)C(=CC[C@H]3[C@H]4CC[C@@H](CCCCCCCC)[C@@]4(C)CC[C@@H]32)C1. The maximum absolute atomic E-state index is 12.9. The average Bonchev–Trinajstić information content (AvgIpc) is 3.34. The number of rotatable bonds is 20. The second-order valence-corrected chi connectivity index (χ2v) is 17.6. The van der Waals surface area contributed by atoms with E-state index in [1.54, 1.807) is 17.3 Å². The smallest absolute Gasteiger partial charge is 0.189 e. The van der Waals surface area contributed by atoms with Gasteiger partial charge in [0.05, 0.1) is 0 Å². The van der Waals surface area contributed by atoms with Gasteiger partial charge in [0.15, 0.2) is 5.12 Å². The molecule has 0 aliphatic heterocycles. The summed E-state index contributed by atoms with van der Waals surface area (Å²) >= 11 is 1.73. The van der Waals surface area contributed by atoms with Gasteiger partial charge in [-0.3, -0.25) is 4.79 Å². The number of hydrogen-bond donors (Lipinski definition) is 0. The van der Waals surface area contributed by atoms with Gasteiger partial charge in [0, 0.05) is 11.7 Å². The fourth-order valence-corrected chi connectivity index (χ4v) is 11.8. The molecule has 0 unspecified atom stereocenters. The van der Waals surface area contributed by atoms with Crippen LogP contribution in [-0.2, 0) is 4.79 Å². The van der Waals surface area contributed by atoms with E-state index in [-0.39, 0.29) is 0 Å². The Bertz CT molecular complexity index is 847. The van der Waals surface area contributed by atoms with Crippen molar-refractivity contribution in [3.8, 4) is 0 Å². The van der Waals surface area contributed by atoms with Crippen LogP contribution in [0, 0.1) is 34.5 Å². The lowest BCUT2D eigenvalue weighted by atomic mass is 9.47. The zero-order chi connectivity index (χ0) is 30.5. The fraction of sp³-hybridized carbons (Fsp3) is 0.927. The Morgan fingerprint density at radius 2 is 1.33 bits per heavy atom. The Morgan fingerprint density at radius 1 is 0.721 bits per heavy atom. The minimum Gasteiger partial charge on any atom is -0.287 e. The molecule has 0 N–H and O–H groups in total. The molecule has 0 heterocycles. The van der Waals surface area contributed by atoms with Gasteiger partial charge in [0.2, 0.25) is 0 Å². The molecular formula is C41H72OS. The Hall–Kier alpha value is -0.240. The average molecular weight is 613 g/mol. The predicted molar refractivity (Wildman–Crippen MR) is 191 cm³/mol. The maximum atomic E-state index is 12.9. The first-order valence-electron chi connectivity index (χ1n) is 19.8. The molecule has 4 rings (SSSR count). The Morgan fingerprint density at radius 3 is 1.98 bits per heavy atom. The summed E-state index contributed by atoms with van der Waals surface area (Å²) in [6.07, 6.45) is 39.6. The molecule has 7 atom stereocenters. The largest absolute Gasteiger partial charge is 0.287 e. The zero-order valence-electron chi connectivity index (χ0n) is 29.4. The number of carbonyl (C=O) groups excluding carboxylic acids is 1. The highest BCUT2D eigenvalue weighted by Gasteiger charge is 2.58. The van der Waals surface area contributed by atoms with E-state index in [1.165, 1.54) is 161 Å². The van der Waals surface area contributed by atoms with Gasteiger partial charge in [-0.1, -0.05) is 154 Å². The van der Waals surface area contributed by atoms with Crippen LogP contribution in [0.3, 0.4) is 0 Å². The van der Waals surface area contributed by atoms with Crippen LogP contribution < -0.4 is 0 Å². The van der Waals surface area contributed by atoms with Crippen molar-refractivity contribution in [3.05, 3.63) is 11.6 Å². The summed E-state index contributed by atoms with van der Waals surface area (Å²) in [6, 6.07) is 0. The number of unbranched alkanes of at least 4 members (excludes halogenated alkanes) is 15. The molecule has 4 aliphatic rings. The second-order valence-electron chi connectivity index (χ2n) is 16.3. The second kappa shape index (κ2) is 18.2. The van der Waals surface area contributed by atoms with E-state index in [9.17, 15) is 4.79 Å². The molecule has 0 saturated heterocycles. The van der Waals surface area contributed by atoms with Crippen molar-refractivity contribution in [2.75, 3.05) is 0 Å². The normalized spacial score (nSPS) is 33.5. The molecule has 0 radical (unpaired) electrons. The summed E-state index contributed by atoms with van der Waals surface area (Å²) in [7, 11) is 0. The van der Waals surface area contributed by atoms with Crippen molar-refractivity contribution < 1.29 is 4.79 Å². The van der Waals surface area contributed by atoms with E-state index in [0.29, 0.717) is 21.2 Å². The van der Waals surface area contributed by atoms with Crippen molar-refractivity contribution in [2.45, 2.75) is 206 Å².